The van der Waals surface area contributed by atoms with Gasteiger partial charge in [0.15, 0.2) is 0 Å². The third-order valence-corrected chi connectivity index (χ3v) is 5.06. The van der Waals surface area contributed by atoms with Gasteiger partial charge in [-0.1, -0.05) is 0 Å². The number of pyridine rings is 1. The average Bonchev–Trinajstić information content (AvgIpc) is 3.04. The number of nitrogens with zero attached hydrogens (tertiary/aromatic N) is 4. The lowest BCUT2D eigenvalue weighted by molar-refractivity contribution is 0.0755. The molecule has 0 saturated heterocycles. The number of benzene rings is 1. The molecule has 3 aromatic rings. The van der Waals surface area contributed by atoms with Gasteiger partial charge in [0.2, 0.25) is 5.88 Å². The summed E-state index contributed by atoms with van der Waals surface area (Å²) in [4.78, 5) is 23.5. The molecule has 1 amide bonds. The molecule has 0 radical (unpaired) electrons. The molecular weight excluding hydrogens is 375 g/mol. The molecule has 0 spiro atoms. The first kappa shape index (κ1) is 18.9. The number of methoxy groups -OCH3 is 2. The van der Waals surface area contributed by atoms with Crippen molar-refractivity contribution in [3.63, 3.8) is 0 Å². The van der Waals surface area contributed by atoms with Crippen molar-refractivity contribution in [1.82, 2.24) is 19.4 Å². The van der Waals surface area contributed by atoms with Crippen LogP contribution < -0.4 is 9.47 Å². The Morgan fingerprint density at radius 3 is 2.72 bits per heavy atom. The SMILES string of the molecule is COc1cc(-c2cnc3n2CCN(C(=O)c2ccc(F)cc2OC)CC3)ccn1. The van der Waals surface area contributed by atoms with E-state index in [0.717, 1.165) is 17.1 Å². The molecule has 29 heavy (non-hydrogen) atoms. The highest BCUT2D eigenvalue weighted by atomic mass is 19.1. The Bertz CT molecular complexity index is 1050. The Balaban J connectivity index is 1.58. The van der Waals surface area contributed by atoms with Crippen LogP contribution in [0.4, 0.5) is 4.39 Å². The van der Waals surface area contributed by atoms with Crippen LogP contribution in [0.15, 0.2) is 42.7 Å². The number of carbonyl (C=O) groups is 1. The maximum atomic E-state index is 13.5. The van der Waals surface area contributed by atoms with E-state index in [9.17, 15) is 9.18 Å². The number of rotatable bonds is 4. The number of imidazole rings is 1. The maximum Gasteiger partial charge on any atom is 0.257 e. The van der Waals surface area contributed by atoms with Gasteiger partial charge in [-0.3, -0.25) is 4.79 Å². The zero-order chi connectivity index (χ0) is 20.4. The lowest BCUT2D eigenvalue weighted by atomic mass is 10.1. The van der Waals surface area contributed by atoms with E-state index in [4.69, 9.17) is 9.47 Å². The van der Waals surface area contributed by atoms with Gasteiger partial charge in [0, 0.05) is 49.9 Å². The number of carbonyl (C=O) groups excluding carboxylic acids is 1. The van der Waals surface area contributed by atoms with Crippen molar-refractivity contribution in [3.05, 3.63) is 59.9 Å². The molecule has 3 heterocycles. The van der Waals surface area contributed by atoms with Crippen LogP contribution in [-0.2, 0) is 13.0 Å². The van der Waals surface area contributed by atoms with E-state index in [1.165, 1.54) is 25.3 Å². The first-order valence-corrected chi connectivity index (χ1v) is 9.28. The van der Waals surface area contributed by atoms with Crippen LogP contribution in [0.1, 0.15) is 16.2 Å². The molecule has 8 heteroatoms. The molecule has 0 unspecified atom stereocenters. The number of aromatic nitrogens is 3. The number of halogens is 1. The Labute approximate surface area is 167 Å². The molecule has 0 atom stereocenters. The second-order valence-corrected chi connectivity index (χ2v) is 6.68. The van der Waals surface area contributed by atoms with E-state index in [0.29, 0.717) is 37.5 Å². The fourth-order valence-electron chi connectivity index (χ4n) is 3.56. The topological polar surface area (TPSA) is 69.5 Å². The van der Waals surface area contributed by atoms with Crippen LogP contribution in [0.25, 0.3) is 11.3 Å². The molecule has 2 aromatic heterocycles. The van der Waals surface area contributed by atoms with Gasteiger partial charge in [-0.15, -0.1) is 0 Å². The minimum Gasteiger partial charge on any atom is -0.496 e. The standard InChI is InChI=1S/C21H21FN4O3/c1-28-18-12-15(22)3-4-16(18)21(27)25-8-6-19-24-13-17(26(19)10-9-25)14-5-7-23-20(11-14)29-2/h3-5,7,11-13H,6,8-10H2,1-2H3. The molecule has 7 nitrogen and oxygen atoms in total. The van der Waals surface area contributed by atoms with E-state index in [1.807, 2.05) is 18.3 Å². The lowest BCUT2D eigenvalue weighted by Gasteiger charge is -2.21. The van der Waals surface area contributed by atoms with Gasteiger partial charge in [-0.25, -0.2) is 14.4 Å². The predicted molar refractivity (Wildman–Crippen MR) is 105 cm³/mol. The molecule has 1 aromatic carbocycles. The number of hydrogen-bond acceptors (Lipinski definition) is 5. The summed E-state index contributed by atoms with van der Waals surface area (Å²) in [6, 6.07) is 7.73. The van der Waals surface area contributed by atoms with Crippen LogP contribution in [0, 0.1) is 5.82 Å². The molecule has 0 N–H and O–H groups in total. The molecule has 0 aliphatic carbocycles. The van der Waals surface area contributed by atoms with Gasteiger partial charge in [0.05, 0.1) is 31.7 Å². The van der Waals surface area contributed by atoms with Crippen molar-refractivity contribution in [2.45, 2.75) is 13.0 Å². The van der Waals surface area contributed by atoms with Gasteiger partial charge in [0.25, 0.3) is 5.91 Å². The summed E-state index contributed by atoms with van der Waals surface area (Å²) in [5.41, 5.74) is 2.26. The maximum absolute atomic E-state index is 13.5. The van der Waals surface area contributed by atoms with Crippen molar-refractivity contribution >= 4 is 5.91 Å². The first-order valence-electron chi connectivity index (χ1n) is 9.28. The quantitative estimate of drug-likeness (QED) is 0.678. The third kappa shape index (κ3) is 3.65. The normalized spacial score (nSPS) is 13.6. The summed E-state index contributed by atoms with van der Waals surface area (Å²) in [6.45, 7) is 1.64. The second-order valence-electron chi connectivity index (χ2n) is 6.68. The molecular formula is C21H21FN4O3. The van der Waals surface area contributed by atoms with Crippen molar-refractivity contribution in [2.75, 3.05) is 27.3 Å². The molecule has 0 fully saturated rings. The number of ether oxygens (including phenoxy) is 2. The summed E-state index contributed by atoms with van der Waals surface area (Å²) in [7, 11) is 3.01. The highest BCUT2D eigenvalue weighted by molar-refractivity contribution is 5.97. The molecule has 4 rings (SSSR count). The summed E-state index contributed by atoms with van der Waals surface area (Å²) in [6.07, 6.45) is 4.16. The van der Waals surface area contributed by atoms with Gasteiger partial charge in [-0.2, -0.15) is 0 Å². The lowest BCUT2D eigenvalue weighted by Crippen LogP contribution is -2.34. The number of fused-ring (bicyclic) bond motifs is 1. The average molecular weight is 396 g/mol. The monoisotopic (exact) mass is 396 g/mol. The van der Waals surface area contributed by atoms with Crippen LogP contribution >= 0.6 is 0 Å². The Morgan fingerprint density at radius 1 is 1.07 bits per heavy atom. The Morgan fingerprint density at radius 2 is 1.93 bits per heavy atom. The summed E-state index contributed by atoms with van der Waals surface area (Å²) in [5.74, 6) is 1.07. The predicted octanol–water partition coefficient (Wildman–Crippen LogP) is 2.80. The fourth-order valence-corrected chi connectivity index (χ4v) is 3.56. The number of amides is 1. The van der Waals surface area contributed by atoms with Crippen LogP contribution in [0.5, 0.6) is 11.6 Å². The minimum absolute atomic E-state index is 0.181. The molecule has 150 valence electrons. The van der Waals surface area contributed by atoms with E-state index >= 15 is 0 Å². The zero-order valence-corrected chi connectivity index (χ0v) is 16.3. The van der Waals surface area contributed by atoms with E-state index in [1.54, 1.807) is 18.2 Å². The van der Waals surface area contributed by atoms with Crippen molar-refractivity contribution < 1.29 is 18.7 Å². The van der Waals surface area contributed by atoms with Gasteiger partial charge in [-0.05, 0) is 18.2 Å². The van der Waals surface area contributed by atoms with Gasteiger partial charge >= 0.3 is 0 Å². The van der Waals surface area contributed by atoms with Crippen molar-refractivity contribution in [3.8, 4) is 22.9 Å². The van der Waals surface area contributed by atoms with Crippen molar-refractivity contribution in [1.29, 1.82) is 0 Å². The van der Waals surface area contributed by atoms with Crippen molar-refractivity contribution in [2.24, 2.45) is 0 Å². The highest BCUT2D eigenvalue weighted by Gasteiger charge is 2.24. The minimum atomic E-state index is -0.438. The third-order valence-electron chi connectivity index (χ3n) is 5.06. The molecule has 0 bridgehead atoms. The van der Waals surface area contributed by atoms with Crippen LogP contribution in [-0.4, -0.2) is 52.7 Å². The largest absolute Gasteiger partial charge is 0.496 e. The molecule has 1 aliphatic rings. The van der Waals surface area contributed by atoms with Crippen LogP contribution in [0.3, 0.4) is 0 Å². The van der Waals surface area contributed by atoms with Gasteiger partial charge < -0.3 is 18.9 Å². The summed E-state index contributed by atoms with van der Waals surface area (Å²) in [5, 5.41) is 0. The van der Waals surface area contributed by atoms with Crippen LogP contribution in [0.2, 0.25) is 0 Å². The summed E-state index contributed by atoms with van der Waals surface area (Å²) < 4.78 is 26.0. The zero-order valence-electron chi connectivity index (χ0n) is 16.3. The molecule has 0 saturated carbocycles. The van der Waals surface area contributed by atoms with Gasteiger partial charge in [0.1, 0.15) is 17.4 Å². The van der Waals surface area contributed by atoms with E-state index in [-0.39, 0.29) is 11.7 Å². The Kier molecular flexibility index (Phi) is 5.16. The smallest absolute Gasteiger partial charge is 0.257 e. The summed E-state index contributed by atoms with van der Waals surface area (Å²) >= 11 is 0. The number of hydrogen-bond donors (Lipinski definition) is 0. The van der Waals surface area contributed by atoms with E-state index in [2.05, 4.69) is 14.5 Å². The van der Waals surface area contributed by atoms with E-state index < -0.39 is 5.82 Å². The first-order chi connectivity index (χ1) is 14.1. The molecule has 1 aliphatic heterocycles. The highest BCUT2D eigenvalue weighted by Crippen LogP contribution is 2.26. The fraction of sp³-hybridized carbons (Fsp3) is 0.286. The Hall–Kier alpha value is -3.42. The second kappa shape index (κ2) is 7.90.